The van der Waals surface area contributed by atoms with E-state index in [-0.39, 0.29) is 0 Å². The van der Waals surface area contributed by atoms with Crippen LogP contribution in [0.15, 0.2) is 9.64 Å². The fourth-order valence-corrected chi connectivity index (χ4v) is 3.42. The number of hydrogen-bond donors (Lipinski definition) is 1. The van der Waals surface area contributed by atoms with E-state index < -0.39 is 5.60 Å². The molecule has 0 unspecified atom stereocenters. The maximum atomic E-state index is 10.4. The van der Waals surface area contributed by atoms with Crippen LogP contribution in [0.5, 0.6) is 0 Å². The fourth-order valence-electron chi connectivity index (χ4n) is 2.12. The molecule has 0 amide bonds. The highest BCUT2D eigenvalue weighted by Gasteiger charge is 2.32. The summed E-state index contributed by atoms with van der Waals surface area (Å²) >= 11 is 3.13. The van der Waals surface area contributed by atoms with Crippen molar-refractivity contribution in [1.82, 2.24) is 10.2 Å². The van der Waals surface area contributed by atoms with Gasteiger partial charge in [0, 0.05) is 5.75 Å². The number of aliphatic hydroxyl groups is 1. The molecule has 1 saturated carbocycles. The Morgan fingerprint density at radius 2 is 2.11 bits per heavy atom. The molecule has 0 atom stereocenters. The van der Waals surface area contributed by atoms with Gasteiger partial charge in [-0.05, 0) is 37.9 Å². The van der Waals surface area contributed by atoms with Gasteiger partial charge in [0.15, 0.2) is 0 Å². The second-order valence-electron chi connectivity index (χ2n) is 5.09. The normalized spacial score (nSPS) is 28.5. The minimum atomic E-state index is -0.550. The zero-order valence-electron chi connectivity index (χ0n) is 10.9. The quantitative estimate of drug-likeness (QED) is 0.841. The van der Waals surface area contributed by atoms with Gasteiger partial charge in [0.25, 0.3) is 5.22 Å². The molecule has 1 aromatic heterocycles. The van der Waals surface area contributed by atoms with E-state index >= 15 is 0 Å². The highest BCUT2D eigenvalue weighted by atomic mass is 32.2. The summed E-state index contributed by atoms with van der Waals surface area (Å²) < 4.78 is 5.49. The molecule has 1 fully saturated rings. The molecule has 1 heterocycles. The molecule has 0 aliphatic heterocycles. The first-order chi connectivity index (χ1) is 8.61. The fraction of sp³-hybridized carbons (Fsp3) is 0.833. The molecule has 1 N–H and O–H groups in total. The predicted octanol–water partition coefficient (Wildman–Crippen LogP) is 2.97. The van der Waals surface area contributed by atoms with Crippen molar-refractivity contribution in [1.29, 1.82) is 0 Å². The molecule has 0 bridgehead atoms. The first-order valence-electron chi connectivity index (χ1n) is 6.28. The molecule has 0 aromatic carbocycles. The van der Waals surface area contributed by atoms with Crippen molar-refractivity contribution < 1.29 is 9.52 Å². The Balaban J connectivity index is 1.82. The summed E-state index contributed by atoms with van der Waals surface area (Å²) in [6.45, 7) is 2.25. The van der Waals surface area contributed by atoms with Crippen LogP contribution in [-0.4, -0.2) is 32.9 Å². The van der Waals surface area contributed by atoms with Crippen molar-refractivity contribution in [3.63, 3.8) is 0 Å². The summed E-state index contributed by atoms with van der Waals surface area (Å²) in [5.41, 5.74) is -0.550. The lowest BCUT2D eigenvalue weighted by atomic mass is 9.81. The predicted molar refractivity (Wildman–Crippen MR) is 74.8 cm³/mol. The first kappa shape index (κ1) is 14.2. The topological polar surface area (TPSA) is 59.2 Å². The Bertz CT molecular complexity index is 376. The third-order valence-corrected chi connectivity index (χ3v) is 5.01. The van der Waals surface area contributed by atoms with Crippen LogP contribution in [0.2, 0.25) is 0 Å². The van der Waals surface area contributed by atoms with Crippen molar-refractivity contribution in [3.05, 3.63) is 5.89 Å². The molecule has 2 rings (SSSR count). The lowest BCUT2D eigenvalue weighted by molar-refractivity contribution is 0.0148. The molecule has 0 radical (unpaired) electrons. The van der Waals surface area contributed by atoms with Crippen LogP contribution < -0.4 is 0 Å². The highest BCUT2D eigenvalue weighted by molar-refractivity contribution is 7.99. The molecule has 1 aliphatic rings. The molecule has 0 spiro atoms. The summed E-state index contributed by atoms with van der Waals surface area (Å²) in [6.07, 6.45) is 5.99. The average molecular weight is 288 g/mol. The van der Waals surface area contributed by atoms with E-state index in [1.54, 1.807) is 11.8 Å². The molecular formula is C12H20N2O2S2. The van der Waals surface area contributed by atoms with Crippen LogP contribution >= 0.6 is 23.5 Å². The highest BCUT2D eigenvalue weighted by Crippen LogP contribution is 2.35. The zero-order chi connectivity index (χ0) is 13.0. The van der Waals surface area contributed by atoms with E-state index in [0.717, 1.165) is 37.4 Å². The maximum Gasteiger partial charge on any atom is 0.276 e. The molecule has 0 saturated heterocycles. The summed E-state index contributed by atoms with van der Waals surface area (Å²) in [5, 5.41) is 19.0. The van der Waals surface area contributed by atoms with Gasteiger partial charge >= 0.3 is 0 Å². The largest absolute Gasteiger partial charge is 0.415 e. The molecule has 18 heavy (non-hydrogen) atoms. The number of hydrogen-bond acceptors (Lipinski definition) is 6. The van der Waals surface area contributed by atoms with Gasteiger partial charge in [0.2, 0.25) is 5.89 Å². The molecule has 4 nitrogen and oxygen atoms in total. The maximum absolute atomic E-state index is 10.4. The summed E-state index contributed by atoms with van der Waals surface area (Å²) in [6, 6.07) is 0. The zero-order valence-corrected chi connectivity index (χ0v) is 12.5. The van der Waals surface area contributed by atoms with E-state index in [0.29, 0.717) is 16.9 Å². The second-order valence-corrected chi connectivity index (χ2v) is 6.88. The Hall–Kier alpha value is -0.200. The minimum absolute atomic E-state index is 0.550. The molecule has 102 valence electrons. The van der Waals surface area contributed by atoms with Crippen molar-refractivity contribution in [2.45, 2.75) is 49.2 Å². The summed E-state index contributed by atoms with van der Waals surface area (Å²) in [4.78, 5) is 0. The SMILES string of the molecule is CSCc1nnc(SCC2(O)CCC(C)CC2)o1. The Labute approximate surface area is 116 Å². The van der Waals surface area contributed by atoms with E-state index in [1.807, 2.05) is 6.26 Å². The van der Waals surface area contributed by atoms with E-state index in [2.05, 4.69) is 17.1 Å². The summed E-state index contributed by atoms with van der Waals surface area (Å²) in [5.74, 6) is 2.80. The van der Waals surface area contributed by atoms with Crippen LogP contribution in [0.4, 0.5) is 0 Å². The summed E-state index contributed by atoms with van der Waals surface area (Å²) in [7, 11) is 0. The van der Waals surface area contributed by atoms with Crippen molar-refractivity contribution >= 4 is 23.5 Å². The van der Waals surface area contributed by atoms with E-state index in [9.17, 15) is 5.11 Å². The standard InChI is InChI=1S/C12H20N2O2S2/c1-9-3-5-12(15,6-4-9)8-18-11-14-13-10(16-11)7-17-2/h9,15H,3-8H2,1-2H3. The number of aromatic nitrogens is 2. The number of nitrogens with zero attached hydrogens (tertiary/aromatic N) is 2. The Kier molecular flexibility index (Phi) is 4.98. The van der Waals surface area contributed by atoms with Gasteiger partial charge in [-0.15, -0.1) is 10.2 Å². The smallest absolute Gasteiger partial charge is 0.276 e. The Morgan fingerprint density at radius 1 is 1.39 bits per heavy atom. The second kappa shape index (κ2) is 6.30. The van der Waals surface area contributed by atoms with Crippen molar-refractivity contribution in [2.75, 3.05) is 12.0 Å². The van der Waals surface area contributed by atoms with Gasteiger partial charge in [-0.1, -0.05) is 18.7 Å². The monoisotopic (exact) mass is 288 g/mol. The van der Waals surface area contributed by atoms with Gasteiger partial charge in [-0.2, -0.15) is 11.8 Å². The third-order valence-electron chi connectivity index (χ3n) is 3.39. The van der Waals surface area contributed by atoms with Gasteiger partial charge < -0.3 is 9.52 Å². The molecular weight excluding hydrogens is 268 g/mol. The Morgan fingerprint density at radius 3 is 2.78 bits per heavy atom. The third kappa shape index (κ3) is 3.90. The average Bonchev–Trinajstić information content (AvgIpc) is 2.80. The molecule has 1 aromatic rings. The van der Waals surface area contributed by atoms with Crippen LogP contribution in [0.25, 0.3) is 0 Å². The molecule has 1 aliphatic carbocycles. The number of rotatable bonds is 5. The van der Waals surface area contributed by atoms with Crippen LogP contribution in [0.3, 0.4) is 0 Å². The van der Waals surface area contributed by atoms with E-state index in [4.69, 9.17) is 4.42 Å². The van der Waals surface area contributed by atoms with Crippen molar-refractivity contribution in [2.24, 2.45) is 5.92 Å². The van der Waals surface area contributed by atoms with E-state index in [1.165, 1.54) is 11.8 Å². The van der Waals surface area contributed by atoms with Gasteiger partial charge in [0.05, 0.1) is 11.4 Å². The lowest BCUT2D eigenvalue weighted by Gasteiger charge is -2.34. The van der Waals surface area contributed by atoms with Crippen molar-refractivity contribution in [3.8, 4) is 0 Å². The van der Waals surface area contributed by atoms with Gasteiger partial charge in [0.1, 0.15) is 0 Å². The van der Waals surface area contributed by atoms with Crippen LogP contribution in [0, 0.1) is 5.92 Å². The molecule has 6 heteroatoms. The first-order valence-corrected chi connectivity index (χ1v) is 8.66. The van der Waals surface area contributed by atoms with Crippen LogP contribution in [-0.2, 0) is 5.75 Å². The lowest BCUT2D eigenvalue weighted by Crippen LogP contribution is -2.36. The van der Waals surface area contributed by atoms with Gasteiger partial charge in [-0.3, -0.25) is 0 Å². The minimum Gasteiger partial charge on any atom is -0.415 e. The van der Waals surface area contributed by atoms with Crippen LogP contribution in [0.1, 0.15) is 38.5 Å². The number of thioether (sulfide) groups is 2. The van der Waals surface area contributed by atoms with Gasteiger partial charge in [-0.25, -0.2) is 0 Å².